The van der Waals surface area contributed by atoms with Crippen LogP contribution in [0.3, 0.4) is 0 Å². The Morgan fingerprint density at radius 1 is 1.30 bits per heavy atom. The van der Waals surface area contributed by atoms with Gasteiger partial charge in [0.2, 0.25) is 10.0 Å². The van der Waals surface area contributed by atoms with Crippen molar-refractivity contribution in [2.45, 2.75) is 31.9 Å². The first-order valence-electron chi connectivity index (χ1n) is 7.02. The third kappa shape index (κ3) is 3.59. The predicted octanol–water partition coefficient (Wildman–Crippen LogP) is 2.51. The molecule has 0 aromatic heterocycles. The fraction of sp³-hybridized carbons (Fsp3) is 0.533. The van der Waals surface area contributed by atoms with Crippen molar-refractivity contribution >= 4 is 10.0 Å². The number of rotatable bonds is 6. The van der Waals surface area contributed by atoms with E-state index in [0.717, 1.165) is 18.4 Å². The Balaban J connectivity index is 2.05. The zero-order chi connectivity index (χ0) is 14.6. The highest BCUT2D eigenvalue weighted by Crippen LogP contribution is 2.28. The van der Waals surface area contributed by atoms with E-state index in [1.807, 2.05) is 13.0 Å². The molecule has 108 valence electrons. The SMILES string of the molecule is CCN(CC1CCC1)S(=O)(=O)Cc1ccc(C#N)cc1. The van der Waals surface area contributed by atoms with E-state index in [4.69, 9.17) is 5.26 Å². The summed E-state index contributed by atoms with van der Waals surface area (Å²) >= 11 is 0. The Morgan fingerprint density at radius 2 is 1.95 bits per heavy atom. The van der Waals surface area contributed by atoms with Gasteiger partial charge in [-0.15, -0.1) is 0 Å². The van der Waals surface area contributed by atoms with Gasteiger partial charge in [-0.25, -0.2) is 12.7 Å². The summed E-state index contributed by atoms with van der Waals surface area (Å²) in [6.45, 7) is 3.05. The molecule has 0 aliphatic heterocycles. The summed E-state index contributed by atoms with van der Waals surface area (Å²) in [5.74, 6) is 0.546. The maximum Gasteiger partial charge on any atom is 0.218 e. The minimum absolute atomic E-state index is 0.0132. The topological polar surface area (TPSA) is 61.2 Å². The lowest BCUT2D eigenvalue weighted by Gasteiger charge is -2.31. The standard InChI is InChI=1S/C15H20N2O2S/c1-2-17(11-14-4-3-5-14)20(18,19)12-15-8-6-13(10-16)7-9-15/h6-9,14H,2-5,11-12H2,1H3. The number of nitrogens with zero attached hydrogens (tertiary/aromatic N) is 2. The van der Waals surface area contributed by atoms with Gasteiger partial charge in [-0.3, -0.25) is 0 Å². The van der Waals surface area contributed by atoms with Crippen LogP contribution >= 0.6 is 0 Å². The fourth-order valence-electron chi connectivity index (χ4n) is 2.38. The summed E-state index contributed by atoms with van der Waals surface area (Å²) in [5.41, 5.74) is 1.28. The molecule has 4 nitrogen and oxygen atoms in total. The molecule has 1 aliphatic carbocycles. The van der Waals surface area contributed by atoms with E-state index in [1.165, 1.54) is 6.42 Å². The van der Waals surface area contributed by atoms with Gasteiger partial charge in [0.05, 0.1) is 17.4 Å². The van der Waals surface area contributed by atoms with Crippen LogP contribution in [0.15, 0.2) is 24.3 Å². The van der Waals surface area contributed by atoms with Gasteiger partial charge in [0.1, 0.15) is 0 Å². The number of benzene rings is 1. The van der Waals surface area contributed by atoms with Gasteiger partial charge < -0.3 is 0 Å². The van der Waals surface area contributed by atoms with Crippen molar-refractivity contribution in [1.29, 1.82) is 5.26 Å². The van der Waals surface area contributed by atoms with Gasteiger partial charge in [-0.2, -0.15) is 5.26 Å². The zero-order valence-corrected chi connectivity index (χ0v) is 12.6. The Kier molecular flexibility index (Phi) is 4.79. The molecule has 0 heterocycles. The highest BCUT2D eigenvalue weighted by atomic mass is 32.2. The lowest BCUT2D eigenvalue weighted by atomic mass is 9.85. The predicted molar refractivity (Wildman–Crippen MR) is 78.4 cm³/mol. The van der Waals surface area contributed by atoms with Crippen LogP contribution in [0.1, 0.15) is 37.3 Å². The van der Waals surface area contributed by atoms with E-state index in [-0.39, 0.29) is 5.75 Å². The van der Waals surface area contributed by atoms with E-state index in [1.54, 1.807) is 28.6 Å². The third-order valence-electron chi connectivity index (χ3n) is 3.86. The summed E-state index contributed by atoms with van der Waals surface area (Å²) in [6, 6.07) is 8.78. The quantitative estimate of drug-likeness (QED) is 0.809. The minimum atomic E-state index is -3.27. The van der Waals surface area contributed by atoms with E-state index < -0.39 is 10.0 Å². The molecule has 0 N–H and O–H groups in total. The van der Waals surface area contributed by atoms with Gasteiger partial charge in [0.25, 0.3) is 0 Å². The first kappa shape index (κ1) is 15.0. The van der Waals surface area contributed by atoms with Crippen LogP contribution in [-0.2, 0) is 15.8 Å². The highest BCUT2D eigenvalue weighted by molar-refractivity contribution is 7.88. The van der Waals surface area contributed by atoms with Crippen LogP contribution in [0.5, 0.6) is 0 Å². The van der Waals surface area contributed by atoms with E-state index >= 15 is 0 Å². The lowest BCUT2D eigenvalue weighted by molar-refractivity contribution is 0.250. The second kappa shape index (κ2) is 6.38. The molecule has 1 aliphatic rings. The largest absolute Gasteiger partial charge is 0.218 e. The van der Waals surface area contributed by atoms with E-state index in [9.17, 15) is 8.42 Å². The van der Waals surface area contributed by atoms with Crippen molar-refractivity contribution in [3.05, 3.63) is 35.4 Å². The fourth-order valence-corrected chi connectivity index (χ4v) is 4.01. The van der Waals surface area contributed by atoms with Gasteiger partial charge in [-0.05, 0) is 36.5 Å². The number of sulfonamides is 1. The summed E-state index contributed by atoms with van der Waals surface area (Å²) in [6.07, 6.45) is 3.50. The molecule has 20 heavy (non-hydrogen) atoms. The monoisotopic (exact) mass is 292 g/mol. The summed E-state index contributed by atoms with van der Waals surface area (Å²) < 4.78 is 26.4. The Morgan fingerprint density at radius 3 is 2.40 bits per heavy atom. The molecular weight excluding hydrogens is 272 g/mol. The summed E-state index contributed by atoms with van der Waals surface area (Å²) in [5, 5.41) is 8.74. The van der Waals surface area contributed by atoms with Crippen LogP contribution in [0.25, 0.3) is 0 Å². The molecule has 1 fully saturated rings. The Bertz CT molecular complexity index is 583. The van der Waals surface area contributed by atoms with Gasteiger partial charge in [0.15, 0.2) is 0 Å². The maximum absolute atomic E-state index is 12.4. The molecule has 5 heteroatoms. The van der Waals surface area contributed by atoms with E-state index in [2.05, 4.69) is 0 Å². The third-order valence-corrected chi connectivity index (χ3v) is 5.76. The molecule has 0 spiro atoms. The van der Waals surface area contributed by atoms with Gasteiger partial charge in [-0.1, -0.05) is 25.5 Å². The second-order valence-electron chi connectivity index (χ2n) is 5.31. The highest BCUT2D eigenvalue weighted by Gasteiger charge is 2.27. The maximum atomic E-state index is 12.4. The second-order valence-corrected chi connectivity index (χ2v) is 7.28. The molecule has 1 aromatic rings. The number of hydrogen-bond acceptors (Lipinski definition) is 3. The van der Waals surface area contributed by atoms with Gasteiger partial charge in [0, 0.05) is 13.1 Å². The number of hydrogen-bond donors (Lipinski definition) is 0. The molecule has 0 radical (unpaired) electrons. The van der Waals surface area contributed by atoms with Crippen molar-refractivity contribution in [1.82, 2.24) is 4.31 Å². The molecule has 2 rings (SSSR count). The first-order chi connectivity index (χ1) is 9.55. The summed E-state index contributed by atoms with van der Waals surface area (Å²) in [7, 11) is -3.27. The lowest BCUT2D eigenvalue weighted by Crippen LogP contribution is -2.37. The van der Waals surface area contributed by atoms with Crippen molar-refractivity contribution in [3.63, 3.8) is 0 Å². The van der Waals surface area contributed by atoms with Crippen LogP contribution in [0.4, 0.5) is 0 Å². The smallest absolute Gasteiger partial charge is 0.212 e. The molecule has 1 saturated carbocycles. The van der Waals surface area contributed by atoms with Gasteiger partial charge >= 0.3 is 0 Å². The van der Waals surface area contributed by atoms with Crippen LogP contribution in [-0.4, -0.2) is 25.8 Å². The van der Waals surface area contributed by atoms with Crippen molar-refractivity contribution in [2.75, 3.05) is 13.1 Å². The average molecular weight is 292 g/mol. The zero-order valence-electron chi connectivity index (χ0n) is 11.7. The normalized spacial score (nSPS) is 15.8. The number of nitriles is 1. The Labute approximate surface area is 121 Å². The van der Waals surface area contributed by atoms with Crippen molar-refractivity contribution < 1.29 is 8.42 Å². The molecule has 0 unspecified atom stereocenters. The summed E-state index contributed by atoms with van der Waals surface area (Å²) in [4.78, 5) is 0. The Hall–Kier alpha value is -1.38. The van der Waals surface area contributed by atoms with E-state index in [0.29, 0.717) is 24.6 Å². The minimum Gasteiger partial charge on any atom is -0.212 e. The van der Waals surface area contributed by atoms with Crippen molar-refractivity contribution in [3.8, 4) is 6.07 Å². The van der Waals surface area contributed by atoms with Crippen LogP contribution < -0.4 is 0 Å². The first-order valence-corrected chi connectivity index (χ1v) is 8.63. The molecule has 0 saturated heterocycles. The van der Waals surface area contributed by atoms with Crippen molar-refractivity contribution in [2.24, 2.45) is 5.92 Å². The molecule has 1 aromatic carbocycles. The molecule has 0 amide bonds. The molecular formula is C15H20N2O2S. The van der Waals surface area contributed by atoms with Crippen LogP contribution in [0, 0.1) is 17.2 Å². The molecule has 0 bridgehead atoms. The average Bonchev–Trinajstić information content (AvgIpc) is 2.37. The molecule has 0 atom stereocenters. The van der Waals surface area contributed by atoms with Crippen LogP contribution in [0.2, 0.25) is 0 Å².